The molecule has 76 valence electrons. The molecular weight excluding hydrogens is 184 g/mol. The van der Waals surface area contributed by atoms with Crippen LogP contribution < -0.4 is 0 Å². The summed E-state index contributed by atoms with van der Waals surface area (Å²) in [6.07, 6.45) is 0.195. The summed E-state index contributed by atoms with van der Waals surface area (Å²) in [6, 6.07) is 1.67. The first-order valence-corrected chi connectivity index (χ1v) is 4.62. The van der Waals surface area contributed by atoms with Gasteiger partial charge in [0.2, 0.25) is 0 Å². The maximum absolute atomic E-state index is 11.3. The van der Waals surface area contributed by atoms with Crippen LogP contribution in [-0.2, 0) is 17.7 Å². The van der Waals surface area contributed by atoms with Gasteiger partial charge in [0.05, 0.1) is 19.3 Å². The van der Waals surface area contributed by atoms with Crippen molar-refractivity contribution in [1.82, 2.24) is 9.78 Å². The predicted molar refractivity (Wildman–Crippen MR) is 47.9 cm³/mol. The first-order valence-electron chi connectivity index (χ1n) is 4.62. The van der Waals surface area contributed by atoms with Crippen LogP contribution in [0.1, 0.15) is 23.1 Å². The van der Waals surface area contributed by atoms with Crippen LogP contribution in [0.15, 0.2) is 6.07 Å². The second-order valence-corrected chi connectivity index (χ2v) is 3.28. The third kappa shape index (κ3) is 1.50. The molecule has 0 bridgehead atoms. The highest BCUT2D eigenvalue weighted by molar-refractivity contribution is 5.87. The van der Waals surface area contributed by atoms with Gasteiger partial charge in [-0.3, -0.25) is 4.68 Å². The van der Waals surface area contributed by atoms with Crippen molar-refractivity contribution in [2.75, 3.05) is 6.61 Å². The molecule has 0 saturated heterocycles. The van der Waals surface area contributed by atoms with Gasteiger partial charge in [0.1, 0.15) is 0 Å². The van der Waals surface area contributed by atoms with E-state index in [0.717, 1.165) is 5.69 Å². The molecule has 5 nitrogen and oxygen atoms in total. The van der Waals surface area contributed by atoms with Gasteiger partial charge in [0, 0.05) is 12.1 Å². The number of rotatable bonds is 2. The summed E-state index contributed by atoms with van der Waals surface area (Å²) in [5.41, 5.74) is 1.22. The maximum atomic E-state index is 11.3. The minimum atomic E-state index is -0.399. The Morgan fingerprint density at radius 1 is 1.86 bits per heavy atom. The molecule has 1 aliphatic heterocycles. The number of carbonyl (C=O) groups excluding carboxylic acids is 1. The highest BCUT2D eigenvalue weighted by Gasteiger charge is 2.23. The largest absolute Gasteiger partial charge is 0.461 e. The lowest BCUT2D eigenvalue weighted by atomic mass is 10.2. The minimum Gasteiger partial charge on any atom is -0.461 e. The fraction of sp³-hybridized carbons (Fsp3) is 0.556. The maximum Gasteiger partial charge on any atom is 0.358 e. The minimum absolute atomic E-state index is 0.328. The molecule has 2 heterocycles. The molecule has 0 spiro atoms. The third-order valence-corrected chi connectivity index (χ3v) is 2.18. The van der Waals surface area contributed by atoms with Crippen LogP contribution in [0.5, 0.6) is 0 Å². The van der Waals surface area contributed by atoms with Crippen LogP contribution in [0.25, 0.3) is 0 Å². The van der Waals surface area contributed by atoms with Crippen molar-refractivity contribution in [2.45, 2.75) is 26.0 Å². The van der Waals surface area contributed by atoms with E-state index in [-0.39, 0.29) is 6.10 Å². The Labute approximate surface area is 81.3 Å². The Morgan fingerprint density at radius 2 is 2.64 bits per heavy atom. The van der Waals surface area contributed by atoms with Crippen molar-refractivity contribution in [3.8, 4) is 0 Å². The molecule has 1 N–H and O–H groups in total. The van der Waals surface area contributed by atoms with E-state index in [1.807, 2.05) is 0 Å². The third-order valence-electron chi connectivity index (χ3n) is 2.18. The van der Waals surface area contributed by atoms with Gasteiger partial charge < -0.3 is 9.84 Å². The van der Waals surface area contributed by atoms with E-state index in [1.165, 1.54) is 0 Å². The standard InChI is InChI=1S/C9H12N2O3/c1-2-14-9(13)8-4-6-3-7(12)5-11(6)10-8/h4,7,12H,2-3,5H2,1H3/t7-/m1/s1. The molecule has 0 fully saturated rings. The molecule has 5 heteroatoms. The van der Waals surface area contributed by atoms with E-state index < -0.39 is 5.97 Å². The number of aliphatic hydroxyl groups excluding tert-OH is 1. The van der Waals surface area contributed by atoms with Crippen LogP contribution in [0.4, 0.5) is 0 Å². The Bertz CT molecular complexity index is 335. The number of fused-ring (bicyclic) bond motifs is 1. The first kappa shape index (κ1) is 9.21. The Balaban J connectivity index is 2.16. The molecule has 0 aliphatic carbocycles. The SMILES string of the molecule is CCOC(=O)c1cc2n(n1)C[C@H](O)C2. The normalized spacial score (nSPS) is 19.4. The molecule has 1 aromatic heterocycles. The molecule has 0 radical (unpaired) electrons. The molecule has 0 amide bonds. The summed E-state index contributed by atoms with van der Waals surface area (Å²) >= 11 is 0. The zero-order valence-electron chi connectivity index (χ0n) is 7.93. The molecule has 0 unspecified atom stereocenters. The molecule has 1 aromatic rings. The first-order chi connectivity index (χ1) is 6.70. The number of hydrogen-bond donors (Lipinski definition) is 1. The number of aliphatic hydroxyl groups is 1. The molecule has 2 rings (SSSR count). The lowest BCUT2D eigenvalue weighted by molar-refractivity contribution is 0.0517. The summed E-state index contributed by atoms with van der Waals surface area (Å²) in [4.78, 5) is 11.3. The number of nitrogens with zero attached hydrogens (tertiary/aromatic N) is 2. The van der Waals surface area contributed by atoms with E-state index in [0.29, 0.717) is 25.3 Å². The highest BCUT2D eigenvalue weighted by Crippen LogP contribution is 2.16. The van der Waals surface area contributed by atoms with E-state index in [9.17, 15) is 9.90 Å². The van der Waals surface area contributed by atoms with Crippen LogP contribution in [0.2, 0.25) is 0 Å². The van der Waals surface area contributed by atoms with Crippen LogP contribution in [-0.4, -0.2) is 33.6 Å². The van der Waals surface area contributed by atoms with Crippen LogP contribution in [0, 0.1) is 0 Å². The van der Waals surface area contributed by atoms with Gasteiger partial charge in [-0.2, -0.15) is 5.10 Å². The zero-order chi connectivity index (χ0) is 10.1. The predicted octanol–water partition coefficient (Wildman–Crippen LogP) is -0.0232. The summed E-state index contributed by atoms with van der Waals surface area (Å²) in [7, 11) is 0. The number of carbonyl (C=O) groups is 1. The Morgan fingerprint density at radius 3 is 3.29 bits per heavy atom. The van der Waals surface area contributed by atoms with Crippen LogP contribution in [0.3, 0.4) is 0 Å². The Kier molecular flexibility index (Phi) is 2.25. The fourth-order valence-electron chi connectivity index (χ4n) is 1.59. The lowest BCUT2D eigenvalue weighted by Crippen LogP contribution is -2.11. The van der Waals surface area contributed by atoms with Gasteiger partial charge in [-0.15, -0.1) is 0 Å². The van der Waals surface area contributed by atoms with Gasteiger partial charge in [-0.1, -0.05) is 0 Å². The second kappa shape index (κ2) is 3.42. The Hall–Kier alpha value is -1.36. The van der Waals surface area contributed by atoms with Crippen molar-refractivity contribution in [1.29, 1.82) is 0 Å². The second-order valence-electron chi connectivity index (χ2n) is 3.28. The zero-order valence-corrected chi connectivity index (χ0v) is 7.93. The van der Waals surface area contributed by atoms with Crippen molar-refractivity contribution >= 4 is 5.97 Å². The van der Waals surface area contributed by atoms with E-state index >= 15 is 0 Å². The van der Waals surface area contributed by atoms with Crippen molar-refractivity contribution in [2.24, 2.45) is 0 Å². The lowest BCUT2D eigenvalue weighted by Gasteiger charge is -1.99. The molecule has 14 heavy (non-hydrogen) atoms. The van der Waals surface area contributed by atoms with Gasteiger partial charge in [0.15, 0.2) is 5.69 Å². The van der Waals surface area contributed by atoms with Gasteiger partial charge >= 0.3 is 5.97 Å². The number of esters is 1. The molecule has 0 saturated carbocycles. The monoisotopic (exact) mass is 196 g/mol. The average Bonchev–Trinajstić information content (AvgIpc) is 2.61. The summed E-state index contributed by atoms with van der Waals surface area (Å²) < 4.78 is 6.46. The van der Waals surface area contributed by atoms with E-state index in [1.54, 1.807) is 17.7 Å². The van der Waals surface area contributed by atoms with E-state index in [4.69, 9.17) is 4.74 Å². The molecule has 0 aromatic carbocycles. The summed E-state index contributed by atoms with van der Waals surface area (Å²) in [5, 5.41) is 13.3. The van der Waals surface area contributed by atoms with E-state index in [2.05, 4.69) is 5.10 Å². The molecule has 1 atom stereocenters. The quantitative estimate of drug-likeness (QED) is 0.675. The van der Waals surface area contributed by atoms with Gasteiger partial charge in [-0.25, -0.2) is 4.79 Å². The van der Waals surface area contributed by atoms with Crippen molar-refractivity contribution in [3.05, 3.63) is 17.5 Å². The smallest absolute Gasteiger partial charge is 0.358 e. The number of aromatic nitrogens is 2. The number of ether oxygens (including phenoxy) is 1. The average molecular weight is 196 g/mol. The number of hydrogen-bond acceptors (Lipinski definition) is 4. The van der Waals surface area contributed by atoms with Crippen molar-refractivity contribution in [3.63, 3.8) is 0 Å². The topological polar surface area (TPSA) is 64.4 Å². The van der Waals surface area contributed by atoms with Crippen molar-refractivity contribution < 1.29 is 14.6 Å². The van der Waals surface area contributed by atoms with Gasteiger partial charge in [-0.05, 0) is 13.0 Å². The molecular formula is C9H12N2O3. The molecule has 1 aliphatic rings. The fourth-order valence-corrected chi connectivity index (χ4v) is 1.59. The van der Waals surface area contributed by atoms with Gasteiger partial charge in [0.25, 0.3) is 0 Å². The summed E-state index contributed by atoms with van der Waals surface area (Å²) in [6.45, 7) is 2.57. The highest BCUT2D eigenvalue weighted by atomic mass is 16.5. The summed E-state index contributed by atoms with van der Waals surface area (Å²) in [5.74, 6) is -0.399. The van der Waals surface area contributed by atoms with Crippen LogP contribution >= 0.6 is 0 Å².